The van der Waals surface area contributed by atoms with Crippen LogP contribution in [0.1, 0.15) is 12.0 Å². The minimum Gasteiger partial charge on any atom is -0.179 e. The van der Waals surface area contributed by atoms with Crippen LogP contribution in [0.3, 0.4) is 0 Å². The van der Waals surface area contributed by atoms with Crippen LogP contribution in [0, 0.1) is 0 Å². The summed E-state index contributed by atoms with van der Waals surface area (Å²) in [5.41, 5.74) is 10.8. The van der Waals surface area contributed by atoms with E-state index in [0.29, 0.717) is 0 Å². The van der Waals surface area contributed by atoms with Crippen LogP contribution in [-0.4, -0.2) is 5.75 Å². The van der Waals surface area contributed by atoms with Crippen LogP contribution in [0.15, 0.2) is 121 Å². The molecule has 5 aromatic carbocycles. The summed E-state index contributed by atoms with van der Waals surface area (Å²) < 4.78 is 4.27. The molecule has 5 rings (SSSR count). The van der Waals surface area contributed by atoms with E-state index >= 15 is 0 Å². The zero-order chi connectivity index (χ0) is 26.6. The lowest BCUT2D eigenvalue weighted by Crippen LogP contribution is -1.92. The normalized spacial score (nSPS) is 11.1. The molecule has 0 bridgehead atoms. The summed E-state index contributed by atoms with van der Waals surface area (Å²) >= 11 is 19.2. The third-order valence-corrected chi connectivity index (χ3v) is 8.61. The molecule has 0 spiro atoms. The third-order valence-electron chi connectivity index (χ3n) is 6.39. The summed E-state index contributed by atoms with van der Waals surface area (Å²) in [7, 11) is 0. The molecule has 0 aliphatic rings. The molecule has 5 aromatic rings. The Hall–Kier alpha value is -1.63. The lowest BCUT2D eigenvalue weighted by Gasteiger charge is -2.14. The lowest BCUT2D eigenvalue weighted by molar-refractivity contribution is 0.937. The maximum atomic E-state index is 4.47. The average Bonchev–Trinajstić information content (AvgIpc) is 2.91. The molecule has 0 radical (unpaired) electrons. The van der Waals surface area contributed by atoms with Gasteiger partial charge in [-0.2, -0.15) is 12.6 Å². The molecule has 5 heteroatoms. The second-order valence-corrected chi connectivity index (χ2v) is 13.3. The topological polar surface area (TPSA) is 0 Å². The highest BCUT2D eigenvalue weighted by Gasteiger charge is 2.11. The Morgan fingerprint density at radius 2 is 0.789 bits per heavy atom. The maximum Gasteiger partial charge on any atom is 0.0187 e. The van der Waals surface area contributed by atoms with E-state index in [4.69, 9.17) is 0 Å². The van der Waals surface area contributed by atoms with Crippen molar-refractivity contribution in [3.63, 3.8) is 0 Å². The van der Waals surface area contributed by atoms with Gasteiger partial charge in [-0.15, -0.1) is 0 Å². The van der Waals surface area contributed by atoms with Crippen LogP contribution in [0.5, 0.6) is 0 Å². The number of rotatable bonds is 7. The van der Waals surface area contributed by atoms with Crippen molar-refractivity contribution in [2.45, 2.75) is 12.8 Å². The van der Waals surface area contributed by atoms with Gasteiger partial charge < -0.3 is 0 Å². The molecule has 0 atom stereocenters. The number of halogens is 4. The fraction of sp³-hybridized carbons (Fsp3) is 0.0909. The van der Waals surface area contributed by atoms with Crippen LogP contribution < -0.4 is 0 Å². The van der Waals surface area contributed by atoms with Crippen LogP contribution in [0.25, 0.3) is 44.5 Å². The van der Waals surface area contributed by atoms with E-state index in [1.807, 2.05) is 0 Å². The second-order valence-electron chi connectivity index (χ2n) is 9.22. The van der Waals surface area contributed by atoms with Crippen LogP contribution >= 0.6 is 76.3 Å². The molecule has 190 valence electrons. The van der Waals surface area contributed by atoms with E-state index in [2.05, 4.69) is 179 Å². The molecular weight excluding hydrogens is 748 g/mol. The van der Waals surface area contributed by atoms with Gasteiger partial charge in [0, 0.05) is 17.9 Å². The summed E-state index contributed by atoms with van der Waals surface area (Å²) in [6, 6.07) is 37.2. The van der Waals surface area contributed by atoms with Gasteiger partial charge in [-0.1, -0.05) is 100 Å². The fourth-order valence-electron chi connectivity index (χ4n) is 4.63. The highest BCUT2D eigenvalue weighted by Crippen LogP contribution is 2.37. The minimum atomic E-state index is 0.868. The highest BCUT2D eigenvalue weighted by atomic mass is 79.9. The second kappa shape index (κ2) is 12.7. The van der Waals surface area contributed by atoms with Crippen LogP contribution in [0.4, 0.5) is 0 Å². The molecule has 0 amide bonds. The van der Waals surface area contributed by atoms with Gasteiger partial charge in [0.1, 0.15) is 0 Å². The largest absolute Gasteiger partial charge is 0.179 e. The Kier molecular flexibility index (Phi) is 9.33. The molecule has 0 heterocycles. The van der Waals surface area contributed by atoms with Gasteiger partial charge in [-0.25, -0.2) is 0 Å². The quantitative estimate of drug-likeness (QED) is 0.157. The Morgan fingerprint density at radius 3 is 1.18 bits per heavy atom. The zero-order valence-electron chi connectivity index (χ0n) is 20.4. The van der Waals surface area contributed by atoms with Crippen molar-refractivity contribution < 1.29 is 0 Å². The number of hydrogen-bond donors (Lipinski definition) is 1. The zero-order valence-corrected chi connectivity index (χ0v) is 27.6. The molecular formula is C33H24Br4S. The molecule has 0 aromatic heterocycles. The van der Waals surface area contributed by atoms with Crippen molar-refractivity contribution >= 4 is 76.3 Å². The Morgan fingerprint density at radius 1 is 0.421 bits per heavy atom. The smallest absolute Gasteiger partial charge is 0.0187 e. The van der Waals surface area contributed by atoms with Gasteiger partial charge in [0.25, 0.3) is 0 Å². The van der Waals surface area contributed by atoms with E-state index in [0.717, 1.165) is 36.5 Å². The van der Waals surface area contributed by atoms with Crippen molar-refractivity contribution in [1.82, 2.24) is 0 Å². The number of aryl methyl sites for hydroxylation is 1. The summed E-state index contributed by atoms with van der Waals surface area (Å²) in [5.74, 6) is 0.868. The van der Waals surface area contributed by atoms with Crippen molar-refractivity contribution in [3.8, 4) is 44.5 Å². The van der Waals surface area contributed by atoms with Crippen LogP contribution in [0.2, 0.25) is 0 Å². The Bertz CT molecular complexity index is 1500. The highest BCUT2D eigenvalue weighted by molar-refractivity contribution is 9.11. The van der Waals surface area contributed by atoms with E-state index in [9.17, 15) is 0 Å². The first-order chi connectivity index (χ1) is 18.4. The summed E-state index contributed by atoms with van der Waals surface area (Å²) in [4.78, 5) is 0. The van der Waals surface area contributed by atoms with Gasteiger partial charge >= 0.3 is 0 Å². The minimum absolute atomic E-state index is 0.868. The van der Waals surface area contributed by atoms with E-state index < -0.39 is 0 Å². The first kappa shape index (κ1) is 27.9. The van der Waals surface area contributed by atoms with E-state index in [1.54, 1.807) is 0 Å². The summed E-state index contributed by atoms with van der Waals surface area (Å²) in [6.07, 6.45) is 2.03. The van der Waals surface area contributed by atoms with Gasteiger partial charge in [-0.05, 0) is 135 Å². The number of hydrogen-bond acceptors (Lipinski definition) is 1. The van der Waals surface area contributed by atoms with E-state index in [-0.39, 0.29) is 0 Å². The van der Waals surface area contributed by atoms with Gasteiger partial charge in [0.2, 0.25) is 0 Å². The van der Waals surface area contributed by atoms with Crippen LogP contribution in [-0.2, 0) is 6.42 Å². The summed E-state index contributed by atoms with van der Waals surface area (Å²) in [5, 5.41) is 0. The summed E-state index contributed by atoms with van der Waals surface area (Å²) in [6.45, 7) is 0. The van der Waals surface area contributed by atoms with Crippen molar-refractivity contribution in [1.29, 1.82) is 0 Å². The van der Waals surface area contributed by atoms with Gasteiger partial charge in [0.15, 0.2) is 0 Å². The molecule has 0 aliphatic carbocycles. The molecule has 38 heavy (non-hydrogen) atoms. The van der Waals surface area contributed by atoms with Crippen molar-refractivity contribution in [2.75, 3.05) is 5.75 Å². The molecule has 0 unspecified atom stereocenters. The SMILES string of the molecule is SCCCc1cc(-c2cc(Br)cc(-c3cccc(Br)c3)c2)cc(-c2cc(Br)cc(-c3cccc(Br)c3)c2)c1. The van der Waals surface area contributed by atoms with E-state index in [1.165, 1.54) is 50.1 Å². The van der Waals surface area contributed by atoms with Gasteiger partial charge in [-0.3, -0.25) is 0 Å². The Balaban J connectivity index is 1.64. The standard InChI is InChI=1S/C33H24Br4S/c34-30-7-1-5-22(15-30)26-13-28(19-32(36)17-26)24-10-21(4-3-9-38)11-25(12-24)29-14-27(18-33(37)20-29)23-6-2-8-31(35)16-23/h1-2,5-8,10-20,38H,3-4,9H2. The number of benzene rings is 5. The monoisotopic (exact) mass is 768 g/mol. The molecule has 0 saturated carbocycles. The first-order valence-corrected chi connectivity index (χ1v) is 16.1. The maximum absolute atomic E-state index is 4.47. The molecule has 0 fully saturated rings. The molecule has 0 nitrogen and oxygen atoms in total. The third kappa shape index (κ3) is 6.92. The fourth-order valence-corrected chi connectivity index (χ4v) is 6.58. The lowest BCUT2D eigenvalue weighted by atomic mass is 9.92. The Labute approximate surface area is 263 Å². The molecule has 0 N–H and O–H groups in total. The predicted molar refractivity (Wildman–Crippen MR) is 181 cm³/mol. The predicted octanol–water partition coefficient (Wildman–Crippen LogP) is 12.3. The average molecular weight is 772 g/mol. The number of thiol groups is 1. The van der Waals surface area contributed by atoms with Gasteiger partial charge in [0.05, 0.1) is 0 Å². The first-order valence-electron chi connectivity index (χ1n) is 12.3. The molecule has 0 aliphatic heterocycles. The van der Waals surface area contributed by atoms with Crippen molar-refractivity contribution in [2.24, 2.45) is 0 Å². The molecule has 0 saturated heterocycles. The van der Waals surface area contributed by atoms with Crippen molar-refractivity contribution in [3.05, 3.63) is 127 Å².